The fourth-order valence-electron chi connectivity index (χ4n) is 1.51. The molecule has 0 aromatic heterocycles. The number of hydrogen-bond acceptors (Lipinski definition) is 3. The van der Waals surface area contributed by atoms with Crippen molar-refractivity contribution in [3.63, 3.8) is 0 Å². The third kappa shape index (κ3) is 2.94. The number of rotatable bonds is 1. The molecule has 0 bridgehead atoms. The Bertz CT molecular complexity index is 466. The van der Waals surface area contributed by atoms with Gasteiger partial charge in [0, 0.05) is 21.5 Å². The molecule has 0 spiro atoms. The fraction of sp³-hybridized carbons (Fsp3) is 0.222. The molecule has 16 heavy (non-hydrogen) atoms. The molecule has 0 fully saturated rings. The van der Waals surface area contributed by atoms with E-state index < -0.39 is 11.1 Å². The fourth-order valence-corrected chi connectivity index (χ4v) is 2.73. The van der Waals surface area contributed by atoms with Gasteiger partial charge in [-0.1, -0.05) is 0 Å². The molecule has 4 nitrogen and oxygen atoms in total. The minimum Gasteiger partial charge on any atom is -0.768 e. The number of fused-ring (bicyclic) bond motifs is 1. The first-order valence-electron chi connectivity index (χ1n) is 4.29. The van der Waals surface area contributed by atoms with E-state index in [9.17, 15) is 13.6 Å². The van der Waals surface area contributed by atoms with Crippen LogP contribution in [-0.4, -0.2) is 14.7 Å². The smallest absolute Gasteiger partial charge is 0.768 e. The van der Waals surface area contributed by atoms with E-state index >= 15 is 0 Å². The first kappa shape index (κ1) is 14.3. The SMILES string of the molecule is O=C1CCc2cc(Br)c(S(=O)[O-])cc2N1.[Na+]. The zero-order valence-corrected chi connectivity index (χ0v) is 13.0. The maximum Gasteiger partial charge on any atom is 1.00 e. The summed E-state index contributed by atoms with van der Waals surface area (Å²) in [6.45, 7) is 0. The van der Waals surface area contributed by atoms with Gasteiger partial charge in [0.25, 0.3) is 0 Å². The van der Waals surface area contributed by atoms with Gasteiger partial charge in [-0.2, -0.15) is 0 Å². The number of nitrogens with one attached hydrogen (secondary N) is 1. The van der Waals surface area contributed by atoms with Gasteiger partial charge in [-0.05, 0) is 51.1 Å². The van der Waals surface area contributed by atoms with Crippen molar-refractivity contribution in [2.45, 2.75) is 17.7 Å². The van der Waals surface area contributed by atoms with Crippen LogP contribution in [0, 0.1) is 0 Å². The largest absolute Gasteiger partial charge is 1.00 e. The van der Waals surface area contributed by atoms with Gasteiger partial charge < -0.3 is 9.87 Å². The molecular formula is C9H7BrNNaO3S. The minimum atomic E-state index is -2.30. The Morgan fingerprint density at radius 3 is 2.69 bits per heavy atom. The zero-order chi connectivity index (χ0) is 11.0. The molecule has 1 aliphatic heterocycles. The second-order valence-electron chi connectivity index (χ2n) is 3.22. The Morgan fingerprint density at radius 1 is 1.38 bits per heavy atom. The molecule has 2 rings (SSSR count). The number of benzene rings is 1. The van der Waals surface area contributed by atoms with Crippen molar-refractivity contribution in [2.24, 2.45) is 0 Å². The van der Waals surface area contributed by atoms with Gasteiger partial charge in [-0.3, -0.25) is 9.00 Å². The van der Waals surface area contributed by atoms with Gasteiger partial charge in [0.15, 0.2) is 0 Å². The summed E-state index contributed by atoms with van der Waals surface area (Å²) in [6.07, 6.45) is 1.09. The predicted molar refractivity (Wildman–Crippen MR) is 58.3 cm³/mol. The van der Waals surface area contributed by atoms with Gasteiger partial charge in [0.05, 0.1) is 0 Å². The van der Waals surface area contributed by atoms with Gasteiger partial charge in [-0.15, -0.1) is 0 Å². The van der Waals surface area contributed by atoms with E-state index in [0.717, 1.165) is 5.56 Å². The standard InChI is InChI=1S/C9H8BrNO3S.Na/c10-6-3-5-1-2-9(12)11-7(5)4-8(6)15(13)14;/h3-4H,1-2H2,(H,11,12)(H,13,14);/q;+1/p-1. The Hall–Kier alpha value is 0.280. The molecule has 0 saturated carbocycles. The predicted octanol–water partition coefficient (Wildman–Crippen LogP) is -1.42. The van der Waals surface area contributed by atoms with Gasteiger partial charge in [0.1, 0.15) is 0 Å². The van der Waals surface area contributed by atoms with Gasteiger partial charge in [0.2, 0.25) is 5.91 Å². The summed E-state index contributed by atoms with van der Waals surface area (Å²) in [6, 6.07) is 3.21. The Balaban J connectivity index is 0.00000128. The molecule has 1 amide bonds. The van der Waals surface area contributed by atoms with E-state index in [4.69, 9.17) is 0 Å². The van der Waals surface area contributed by atoms with Crippen LogP contribution in [0.4, 0.5) is 5.69 Å². The Morgan fingerprint density at radius 2 is 2.06 bits per heavy atom. The van der Waals surface area contributed by atoms with Crippen LogP contribution >= 0.6 is 15.9 Å². The van der Waals surface area contributed by atoms with Crippen LogP contribution in [0.25, 0.3) is 0 Å². The summed E-state index contributed by atoms with van der Waals surface area (Å²) in [5.74, 6) is -0.0764. The number of aryl methyl sites for hydroxylation is 1. The summed E-state index contributed by atoms with van der Waals surface area (Å²) in [4.78, 5) is 11.3. The molecule has 1 aliphatic rings. The van der Waals surface area contributed by atoms with Crippen LogP contribution < -0.4 is 34.9 Å². The molecular weight excluding hydrogens is 305 g/mol. The number of hydrogen-bond donors (Lipinski definition) is 1. The van der Waals surface area contributed by atoms with Gasteiger partial charge in [-0.25, -0.2) is 0 Å². The maximum atomic E-state index is 11.1. The molecule has 1 aromatic carbocycles. The molecule has 1 N–H and O–H groups in total. The number of halogens is 1. The average molecular weight is 312 g/mol. The van der Waals surface area contributed by atoms with Crippen LogP contribution in [-0.2, 0) is 22.3 Å². The van der Waals surface area contributed by atoms with Crippen molar-refractivity contribution >= 4 is 38.6 Å². The van der Waals surface area contributed by atoms with Crippen LogP contribution in [0.3, 0.4) is 0 Å². The molecule has 1 atom stereocenters. The topological polar surface area (TPSA) is 69.2 Å². The van der Waals surface area contributed by atoms with E-state index in [1.54, 1.807) is 6.07 Å². The zero-order valence-electron chi connectivity index (χ0n) is 8.58. The Kier molecular flexibility index (Phi) is 5.15. The first-order chi connectivity index (χ1) is 7.08. The molecule has 1 heterocycles. The number of carbonyl (C=O) groups is 1. The third-order valence-electron chi connectivity index (χ3n) is 2.23. The minimum absolute atomic E-state index is 0. The average Bonchev–Trinajstić information content (AvgIpc) is 2.17. The van der Waals surface area contributed by atoms with E-state index in [1.807, 2.05) is 0 Å². The van der Waals surface area contributed by atoms with Crippen molar-refractivity contribution < 1.29 is 43.1 Å². The summed E-state index contributed by atoms with van der Waals surface area (Å²) in [5, 5.41) is 2.65. The summed E-state index contributed by atoms with van der Waals surface area (Å²) in [5.41, 5.74) is 1.55. The quantitative estimate of drug-likeness (QED) is 0.511. The normalized spacial score (nSPS) is 15.8. The van der Waals surface area contributed by atoms with Crippen molar-refractivity contribution in [1.82, 2.24) is 0 Å². The van der Waals surface area contributed by atoms with Crippen LogP contribution in [0.5, 0.6) is 0 Å². The summed E-state index contributed by atoms with van der Waals surface area (Å²) in [7, 11) is 0. The second-order valence-corrected chi connectivity index (χ2v) is 4.99. The van der Waals surface area contributed by atoms with Crippen LogP contribution in [0.15, 0.2) is 21.5 Å². The number of amides is 1. The molecule has 1 aromatic rings. The molecule has 80 valence electrons. The molecule has 7 heteroatoms. The van der Waals surface area contributed by atoms with Crippen molar-refractivity contribution in [3.05, 3.63) is 22.2 Å². The molecule has 0 radical (unpaired) electrons. The number of anilines is 1. The monoisotopic (exact) mass is 311 g/mol. The van der Waals surface area contributed by atoms with Crippen LogP contribution in [0.2, 0.25) is 0 Å². The van der Waals surface area contributed by atoms with Crippen molar-refractivity contribution in [3.8, 4) is 0 Å². The van der Waals surface area contributed by atoms with Crippen LogP contribution in [0.1, 0.15) is 12.0 Å². The maximum absolute atomic E-state index is 11.1. The molecule has 0 aliphatic carbocycles. The van der Waals surface area contributed by atoms with Crippen molar-refractivity contribution in [2.75, 3.05) is 5.32 Å². The third-order valence-corrected chi connectivity index (χ3v) is 3.85. The number of carbonyl (C=O) groups excluding carboxylic acids is 1. The van der Waals surface area contributed by atoms with E-state index in [2.05, 4.69) is 21.2 Å². The Labute approximate surface area is 126 Å². The van der Waals surface area contributed by atoms with E-state index in [-0.39, 0.29) is 40.4 Å². The van der Waals surface area contributed by atoms with E-state index in [0.29, 0.717) is 23.0 Å². The molecule has 1 unspecified atom stereocenters. The van der Waals surface area contributed by atoms with Gasteiger partial charge >= 0.3 is 29.6 Å². The first-order valence-corrected chi connectivity index (χ1v) is 6.16. The van der Waals surface area contributed by atoms with E-state index in [1.165, 1.54) is 6.07 Å². The summed E-state index contributed by atoms with van der Waals surface area (Å²) >= 11 is 0.887. The van der Waals surface area contributed by atoms with Crippen molar-refractivity contribution in [1.29, 1.82) is 0 Å². The summed E-state index contributed by atoms with van der Waals surface area (Å²) < 4.78 is 22.2. The molecule has 0 saturated heterocycles. The second kappa shape index (κ2) is 5.75.